The fraction of sp³-hybridized carbons (Fsp3) is 0.750. The summed E-state index contributed by atoms with van der Waals surface area (Å²) in [7, 11) is 0. The topological polar surface area (TPSA) is 46.2 Å². The molecule has 0 bridgehead atoms. The second-order valence-electron chi connectivity index (χ2n) is 4.27. The Morgan fingerprint density at radius 3 is 1.33 bits per heavy atom. The third-order valence-corrected chi connectivity index (χ3v) is 2.76. The first-order chi connectivity index (χ1) is 10.1. The maximum Gasteiger partial charge on any atom is 0.214 e. The van der Waals surface area contributed by atoms with Crippen LogP contribution in [0.15, 0.2) is 25.3 Å². The van der Waals surface area contributed by atoms with Gasteiger partial charge in [-0.25, -0.2) is 0 Å². The van der Waals surface area contributed by atoms with Crippen molar-refractivity contribution in [1.29, 1.82) is 0 Å². The van der Waals surface area contributed by atoms with E-state index >= 15 is 0 Å². The summed E-state index contributed by atoms with van der Waals surface area (Å²) in [6, 6.07) is 0. The van der Waals surface area contributed by atoms with Gasteiger partial charge >= 0.3 is 0 Å². The Kier molecular flexibility index (Phi) is 10.6. The fourth-order valence-corrected chi connectivity index (χ4v) is 1.79. The molecule has 0 aromatic heterocycles. The maximum absolute atomic E-state index is 6.08. The van der Waals surface area contributed by atoms with E-state index in [4.69, 9.17) is 23.7 Å². The van der Waals surface area contributed by atoms with E-state index in [1.54, 1.807) is 12.2 Å². The summed E-state index contributed by atoms with van der Waals surface area (Å²) in [5.41, 5.74) is 0. The maximum atomic E-state index is 6.08. The van der Waals surface area contributed by atoms with Crippen LogP contribution in [0.3, 0.4) is 0 Å². The van der Waals surface area contributed by atoms with Gasteiger partial charge in [0.2, 0.25) is 11.6 Å². The molecule has 0 amide bonds. The van der Waals surface area contributed by atoms with Gasteiger partial charge in [-0.1, -0.05) is 13.2 Å². The van der Waals surface area contributed by atoms with Gasteiger partial charge in [-0.05, 0) is 39.8 Å². The zero-order valence-corrected chi connectivity index (χ0v) is 13.9. The lowest BCUT2D eigenvalue weighted by molar-refractivity contribution is -0.341. The monoisotopic (exact) mass is 302 g/mol. The highest BCUT2D eigenvalue weighted by atomic mass is 16.8. The predicted octanol–water partition coefficient (Wildman–Crippen LogP) is 2.91. The standard InChI is InChI=1S/C16H30O5/c1-7-15(19-11-5,13-17-9-3)21-16(8-2,20-12-6)14-18-10-4/h7-8H,1-2,9-14H2,3-6H3. The van der Waals surface area contributed by atoms with Gasteiger partial charge in [-0.15, -0.1) is 0 Å². The molecule has 21 heavy (non-hydrogen) atoms. The van der Waals surface area contributed by atoms with Crippen molar-refractivity contribution in [3.05, 3.63) is 25.3 Å². The molecule has 0 heterocycles. The van der Waals surface area contributed by atoms with Crippen molar-refractivity contribution < 1.29 is 23.7 Å². The second-order valence-corrected chi connectivity index (χ2v) is 4.27. The molecule has 0 saturated carbocycles. The molecule has 124 valence electrons. The zero-order chi connectivity index (χ0) is 16.2. The molecule has 0 spiro atoms. The van der Waals surface area contributed by atoms with Crippen molar-refractivity contribution in [3.8, 4) is 0 Å². The highest BCUT2D eigenvalue weighted by molar-refractivity contribution is 4.98. The Labute approximate surface area is 128 Å². The minimum Gasteiger partial charge on any atom is -0.376 e. The molecule has 0 radical (unpaired) electrons. The summed E-state index contributed by atoms with van der Waals surface area (Å²) >= 11 is 0. The molecule has 0 aromatic carbocycles. The molecular formula is C16H30O5. The molecule has 0 aliphatic heterocycles. The lowest BCUT2D eigenvalue weighted by Crippen LogP contribution is -2.51. The van der Waals surface area contributed by atoms with Crippen LogP contribution < -0.4 is 0 Å². The van der Waals surface area contributed by atoms with Crippen LogP contribution in [0.5, 0.6) is 0 Å². The van der Waals surface area contributed by atoms with Crippen LogP contribution in [0.25, 0.3) is 0 Å². The van der Waals surface area contributed by atoms with Gasteiger partial charge in [0, 0.05) is 26.4 Å². The van der Waals surface area contributed by atoms with Gasteiger partial charge in [0.1, 0.15) is 13.2 Å². The Balaban J connectivity index is 5.23. The first-order valence-corrected chi connectivity index (χ1v) is 7.48. The molecule has 0 aliphatic carbocycles. The minimum atomic E-state index is -1.11. The third-order valence-electron chi connectivity index (χ3n) is 2.76. The lowest BCUT2D eigenvalue weighted by Gasteiger charge is -2.39. The molecule has 0 rings (SSSR count). The van der Waals surface area contributed by atoms with Crippen LogP contribution in [0.2, 0.25) is 0 Å². The molecule has 0 aliphatic rings. The highest BCUT2D eigenvalue weighted by Gasteiger charge is 2.40. The van der Waals surface area contributed by atoms with Gasteiger partial charge in [0.15, 0.2) is 0 Å². The van der Waals surface area contributed by atoms with Crippen molar-refractivity contribution in [2.24, 2.45) is 0 Å². The van der Waals surface area contributed by atoms with Crippen LogP contribution in [-0.2, 0) is 23.7 Å². The third kappa shape index (κ3) is 6.72. The highest BCUT2D eigenvalue weighted by Crippen LogP contribution is 2.27. The molecule has 0 saturated heterocycles. The van der Waals surface area contributed by atoms with E-state index in [-0.39, 0.29) is 13.2 Å². The summed E-state index contributed by atoms with van der Waals surface area (Å²) in [6.45, 7) is 17.6. The van der Waals surface area contributed by atoms with Crippen molar-refractivity contribution in [1.82, 2.24) is 0 Å². The Bertz CT molecular complexity index is 266. The quantitative estimate of drug-likeness (QED) is 0.365. The van der Waals surface area contributed by atoms with Crippen molar-refractivity contribution in [2.45, 2.75) is 39.3 Å². The van der Waals surface area contributed by atoms with Gasteiger partial charge in [-0.2, -0.15) is 0 Å². The minimum absolute atomic E-state index is 0.218. The normalized spacial score (nSPS) is 17.0. The molecule has 2 unspecified atom stereocenters. The van der Waals surface area contributed by atoms with Crippen LogP contribution in [0.1, 0.15) is 27.7 Å². The summed E-state index contributed by atoms with van der Waals surface area (Å²) < 4.78 is 28.4. The van der Waals surface area contributed by atoms with Gasteiger partial charge < -0.3 is 23.7 Å². The van der Waals surface area contributed by atoms with Gasteiger partial charge in [-0.3, -0.25) is 0 Å². The Morgan fingerprint density at radius 1 is 0.714 bits per heavy atom. The lowest BCUT2D eigenvalue weighted by atomic mass is 10.2. The van der Waals surface area contributed by atoms with E-state index in [1.165, 1.54) is 0 Å². The van der Waals surface area contributed by atoms with E-state index in [2.05, 4.69) is 13.2 Å². The van der Waals surface area contributed by atoms with Crippen LogP contribution >= 0.6 is 0 Å². The number of hydrogen-bond donors (Lipinski definition) is 0. The van der Waals surface area contributed by atoms with E-state index in [1.807, 2.05) is 27.7 Å². The average Bonchev–Trinajstić information content (AvgIpc) is 2.50. The van der Waals surface area contributed by atoms with Crippen molar-refractivity contribution in [2.75, 3.05) is 39.6 Å². The fourth-order valence-electron chi connectivity index (χ4n) is 1.79. The van der Waals surface area contributed by atoms with Crippen molar-refractivity contribution >= 4 is 0 Å². The summed E-state index contributed by atoms with van der Waals surface area (Å²) in [5.74, 6) is -2.21. The first-order valence-electron chi connectivity index (χ1n) is 7.48. The largest absolute Gasteiger partial charge is 0.376 e. The average molecular weight is 302 g/mol. The van der Waals surface area contributed by atoms with E-state index < -0.39 is 11.6 Å². The Hall–Kier alpha value is -0.720. The van der Waals surface area contributed by atoms with Gasteiger partial charge in [0.05, 0.1) is 0 Å². The Morgan fingerprint density at radius 2 is 1.10 bits per heavy atom. The van der Waals surface area contributed by atoms with E-state index in [9.17, 15) is 0 Å². The zero-order valence-electron chi connectivity index (χ0n) is 13.9. The predicted molar refractivity (Wildman–Crippen MR) is 83.2 cm³/mol. The first kappa shape index (κ1) is 20.3. The molecule has 5 nitrogen and oxygen atoms in total. The molecule has 2 atom stereocenters. The SMILES string of the molecule is C=CC(COCC)(OCC)OC(C=C)(COCC)OCC. The van der Waals surface area contributed by atoms with Crippen LogP contribution in [0, 0.1) is 0 Å². The van der Waals surface area contributed by atoms with Crippen molar-refractivity contribution in [3.63, 3.8) is 0 Å². The molecule has 0 N–H and O–H groups in total. The molecule has 0 fully saturated rings. The summed E-state index contributed by atoms with van der Waals surface area (Å²) in [6.07, 6.45) is 3.16. The van der Waals surface area contributed by atoms with Gasteiger partial charge in [0.25, 0.3) is 0 Å². The molecule has 5 heteroatoms. The summed E-state index contributed by atoms with van der Waals surface area (Å²) in [5, 5.41) is 0. The number of ether oxygens (including phenoxy) is 5. The number of rotatable bonds is 14. The van der Waals surface area contributed by atoms with Crippen LogP contribution in [0.4, 0.5) is 0 Å². The summed E-state index contributed by atoms with van der Waals surface area (Å²) in [4.78, 5) is 0. The molecule has 0 aromatic rings. The van der Waals surface area contributed by atoms with Crippen LogP contribution in [-0.4, -0.2) is 51.2 Å². The smallest absolute Gasteiger partial charge is 0.214 e. The second kappa shape index (κ2) is 10.9. The van der Waals surface area contributed by atoms with E-state index in [0.717, 1.165) is 0 Å². The number of hydrogen-bond acceptors (Lipinski definition) is 5. The van der Waals surface area contributed by atoms with E-state index in [0.29, 0.717) is 26.4 Å². The molecular weight excluding hydrogens is 272 g/mol.